The van der Waals surface area contributed by atoms with Gasteiger partial charge in [-0.15, -0.1) is 0 Å². The molecule has 1 N–H and O–H groups in total. The van der Waals surface area contributed by atoms with Gasteiger partial charge in [-0.1, -0.05) is 0 Å². The van der Waals surface area contributed by atoms with Crippen LogP contribution < -0.4 is 10.1 Å². The molecule has 1 heterocycles. The van der Waals surface area contributed by atoms with Crippen molar-refractivity contribution < 1.29 is 4.74 Å². The van der Waals surface area contributed by atoms with Crippen LogP contribution in [0, 0.1) is 6.92 Å². The van der Waals surface area contributed by atoms with Gasteiger partial charge in [-0.05, 0) is 47.8 Å². The number of anilines is 2. The first kappa shape index (κ1) is 12.5. The van der Waals surface area contributed by atoms with Crippen molar-refractivity contribution in [3.8, 4) is 5.75 Å². The van der Waals surface area contributed by atoms with Crippen LogP contribution in [0.25, 0.3) is 0 Å². The van der Waals surface area contributed by atoms with Gasteiger partial charge in [0, 0.05) is 24.0 Å². The molecule has 1 aromatic heterocycles. The second kappa shape index (κ2) is 4.89. The molecule has 1 fully saturated rings. The highest BCUT2D eigenvalue weighted by Gasteiger charge is 2.26. The summed E-state index contributed by atoms with van der Waals surface area (Å²) < 4.78 is 8.48. The highest BCUT2D eigenvalue weighted by Crippen LogP contribution is 2.38. The number of methoxy groups -OCH3 is 1. The molecule has 1 aromatic carbocycles. The van der Waals surface area contributed by atoms with Crippen molar-refractivity contribution in [2.45, 2.75) is 25.8 Å². The highest BCUT2D eigenvalue weighted by atomic mass is 79.9. The minimum atomic E-state index is 0.612. The van der Waals surface area contributed by atoms with Gasteiger partial charge in [0.15, 0.2) is 0 Å². The Morgan fingerprint density at radius 1 is 1.42 bits per heavy atom. The Kier molecular flexibility index (Phi) is 3.22. The first-order valence-electron chi connectivity index (χ1n) is 6.33. The SMILES string of the molecule is COc1cc(Nc2nc(C)cn2C2CC2)ccc1Br. The average Bonchev–Trinajstić information content (AvgIpc) is 3.17. The number of hydrogen-bond acceptors (Lipinski definition) is 3. The Hall–Kier alpha value is -1.49. The van der Waals surface area contributed by atoms with E-state index in [0.29, 0.717) is 6.04 Å². The maximum absolute atomic E-state index is 5.30. The number of halogens is 1. The number of nitrogens with one attached hydrogen (secondary N) is 1. The van der Waals surface area contributed by atoms with Gasteiger partial charge in [-0.3, -0.25) is 0 Å². The zero-order chi connectivity index (χ0) is 13.4. The summed E-state index contributed by atoms with van der Waals surface area (Å²) >= 11 is 3.45. The van der Waals surface area contributed by atoms with Crippen LogP contribution in [-0.4, -0.2) is 16.7 Å². The van der Waals surface area contributed by atoms with Crippen LogP contribution in [0.2, 0.25) is 0 Å². The fraction of sp³-hybridized carbons (Fsp3) is 0.357. The van der Waals surface area contributed by atoms with Crippen molar-refractivity contribution >= 4 is 27.6 Å². The average molecular weight is 322 g/mol. The lowest BCUT2D eigenvalue weighted by atomic mass is 10.3. The van der Waals surface area contributed by atoms with Gasteiger partial charge in [0.25, 0.3) is 0 Å². The predicted molar refractivity (Wildman–Crippen MR) is 79.2 cm³/mol. The van der Waals surface area contributed by atoms with E-state index in [1.54, 1.807) is 7.11 Å². The van der Waals surface area contributed by atoms with E-state index in [0.717, 1.165) is 27.6 Å². The molecule has 0 bridgehead atoms. The third-order valence-electron chi connectivity index (χ3n) is 3.20. The van der Waals surface area contributed by atoms with E-state index in [2.05, 4.69) is 37.0 Å². The van der Waals surface area contributed by atoms with Gasteiger partial charge < -0.3 is 14.6 Å². The Balaban J connectivity index is 1.88. The van der Waals surface area contributed by atoms with E-state index < -0.39 is 0 Å². The third-order valence-corrected chi connectivity index (χ3v) is 3.86. The lowest BCUT2D eigenvalue weighted by molar-refractivity contribution is 0.412. The molecule has 0 radical (unpaired) electrons. The van der Waals surface area contributed by atoms with Crippen LogP contribution in [0.15, 0.2) is 28.9 Å². The normalized spacial score (nSPS) is 14.5. The number of nitrogens with zero attached hydrogens (tertiary/aromatic N) is 2. The van der Waals surface area contributed by atoms with Crippen molar-refractivity contribution in [3.05, 3.63) is 34.6 Å². The molecule has 0 amide bonds. The molecule has 0 saturated heterocycles. The molecule has 19 heavy (non-hydrogen) atoms. The molecule has 0 atom stereocenters. The molecule has 5 heteroatoms. The van der Waals surface area contributed by atoms with Crippen LogP contribution in [0.3, 0.4) is 0 Å². The maximum Gasteiger partial charge on any atom is 0.207 e. The van der Waals surface area contributed by atoms with E-state index in [4.69, 9.17) is 4.74 Å². The number of rotatable bonds is 4. The number of benzene rings is 1. The third kappa shape index (κ3) is 2.61. The monoisotopic (exact) mass is 321 g/mol. The largest absolute Gasteiger partial charge is 0.495 e. The summed E-state index contributed by atoms with van der Waals surface area (Å²) in [5.74, 6) is 1.72. The van der Waals surface area contributed by atoms with Crippen LogP contribution in [0.4, 0.5) is 11.6 Å². The standard InChI is InChI=1S/C14H16BrN3O/c1-9-8-18(11-4-5-11)14(16-9)17-10-3-6-12(15)13(7-10)19-2/h3,6-8,11H,4-5H2,1-2H3,(H,16,17). The summed E-state index contributed by atoms with van der Waals surface area (Å²) in [6.45, 7) is 2.02. The summed E-state index contributed by atoms with van der Waals surface area (Å²) in [7, 11) is 1.67. The van der Waals surface area contributed by atoms with Gasteiger partial charge in [0.05, 0.1) is 17.3 Å². The highest BCUT2D eigenvalue weighted by molar-refractivity contribution is 9.10. The molecule has 0 unspecified atom stereocenters. The molecule has 1 aliphatic carbocycles. The topological polar surface area (TPSA) is 39.1 Å². The Labute approximate surface area is 120 Å². The summed E-state index contributed by atoms with van der Waals surface area (Å²) in [6, 6.07) is 6.55. The second-order valence-corrected chi connectivity index (χ2v) is 5.67. The smallest absolute Gasteiger partial charge is 0.207 e. The fourth-order valence-corrected chi connectivity index (χ4v) is 2.51. The summed E-state index contributed by atoms with van der Waals surface area (Å²) in [4.78, 5) is 4.54. The number of hydrogen-bond donors (Lipinski definition) is 1. The first-order valence-corrected chi connectivity index (χ1v) is 7.12. The van der Waals surface area contributed by atoms with E-state index >= 15 is 0 Å². The molecule has 1 aliphatic rings. The van der Waals surface area contributed by atoms with Gasteiger partial charge >= 0.3 is 0 Å². The molecule has 0 spiro atoms. The molecule has 100 valence electrons. The maximum atomic E-state index is 5.30. The van der Waals surface area contributed by atoms with Crippen LogP contribution in [-0.2, 0) is 0 Å². The van der Waals surface area contributed by atoms with Crippen LogP contribution in [0.5, 0.6) is 5.75 Å². The zero-order valence-electron chi connectivity index (χ0n) is 11.0. The molecule has 3 rings (SSSR count). The lowest BCUT2D eigenvalue weighted by Gasteiger charge is -2.10. The molecule has 1 saturated carbocycles. The van der Waals surface area contributed by atoms with Crippen LogP contribution >= 0.6 is 15.9 Å². The Morgan fingerprint density at radius 3 is 2.89 bits per heavy atom. The van der Waals surface area contributed by atoms with Gasteiger partial charge in [0.1, 0.15) is 5.75 Å². The van der Waals surface area contributed by atoms with Gasteiger partial charge in [0.2, 0.25) is 5.95 Å². The number of aryl methyl sites for hydroxylation is 1. The van der Waals surface area contributed by atoms with E-state index in [1.807, 2.05) is 25.1 Å². The predicted octanol–water partition coefficient (Wildman–Crippen LogP) is 4.04. The Bertz CT molecular complexity index is 605. The quantitative estimate of drug-likeness (QED) is 0.923. The van der Waals surface area contributed by atoms with Crippen LogP contribution in [0.1, 0.15) is 24.6 Å². The zero-order valence-corrected chi connectivity index (χ0v) is 12.6. The van der Waals surface area contributed by atoms with Crippen molar-refractivity contribution in [3.63, 3.8) is 0 Å². The van der Waals surface area contributed by atoms with Crippen molar-refractivity contribution in [1.29, 1.82) is 0 Å². The van der Waals surface area contributed by atoms with Gasteiger partial charge in [-0.2, -0.15) is 0 Å². The molecular weight excluding hydrogens is 306 g/mol. The molecule has 2 aromatic rings. The van der Waals surface area contributed by atoms with E-state index in [-0.39, 0.29) is 0 Å². The van der Waals surface area contributed by atoms with Crippen molar-refractivity contribution in [1.82, 2.24) is 9.55 Å². The van der Waals surface area contributed by atoms with Crippen molar-refractivity contribution in [2.75, 3.05) is 12.4 Å². The van der Waals surface area contributed by atoms with E-state index in [9.17, 15) is 0 Å². The number of imidazole rings is 1. The number of aromatic nitrogens is 2. The van der Waals surface area contributed by atoms with Gasteiger partial charge in [-0.25, -0.2) is 4.98 Å². The fourth-order valence-electron chi connectivity index (χ4n) is 2.11. The van der Waals surface area contributed by atoms with E-state index in [1.165, 1.54) is 12.8 Å². The summed E-state index contributed by atoms with van der Waals surface area (Å²) in [5, 5.41) is 3.37. The second-order valence-electron chi connectivity index (χ2n) is 4.82. The van der Waals surface area contributed by atoms with Crippen molar-refractivity contribution in [2.24, 2.45) is 0 Å². The first-order chi connectivity index (χ1) is 9.17. The molecule has 4 nitrogen and oxygen atoms in total. The summed E-state index contributed by atoms with van der Waals surface area (Å²) in [6.07, 6.45) is 4.60. The minimum absolute atomic E-state index is 0.612. The molecule has 0 aliphatic heterocycles. The number of ether oxygens (including phenoxy) is 1. The molecular formula is C14H16BrN3O. The summed E-state index contributed by atoms with van der Waals surface area (Å²) in [5.41, 5.74) is 2.02. The Morgan fingerprint density at radius 2 is 2.21 bits per heavy atom. The lowest BCUT2D eigenvalue weighted by Crippen LogP contribution is -2.01. The minimum Gasteiger partial charge on any atom is -0.495 e.